The molecule has 4 rings (SSSR count). The Morgan fingerprint density at radius 3 is 2.32 bits per heavy atom. The second-order valence-electron chi connectivity index (χ2n) is 8.93. The van der Waals surface area contributed by atoms with Gasteiger partial charge in [0.25, 0.3) is 0 Å². The first-order valence-electron chi connectivity index (χ1n) is 10.8. The molecule has 0 aromatic heterocycles. The zero-order chi connectivity index (χ0) is 19.6. The molecule has 28 heavy (non-hydrogen) atoms. The van der Waals surface area contributed by atoms with Crippen LogP contribution in [0.3, 0.4) is 0 Å². The third-order valence-electron chi connectivity index (χ3n) is 6.73. The van der Waals surface area contributed by atoms with E-state index in [1.807, 2.05) is 12.1 Å². The molecule has 1 aromatic rings. The summed E-state index contributed by atoms with van der Waals surface area (Å²) in [7, 11) is -3.11. The smallest absolute Gasteiger partial charge is 0.175 e. The van der Waals surface area contributed by atoms with Crippen molar-refractivity contribution in [2.24, 2.45) is 17.8 Å². The summed E-state index contributed by atoms with van der Waals surface area (Å²) in [6.45, 7) is 8.82. The van der Waals surface area contributed by atoms with E-state index < -0.39 is 9.84 Å². The zero-order valence-corrected chi connectivity index (χ0v) is 17.9. The topological polar surface area (TPSA) is 49.9 Å². The number of rotatable bonds is 9. The van der Waals surface area contributed by atoms with E-state index in [1.165, 1.54) is 50.7 Å². The molecule has 0 spiro atoms. The van der Waals surface area contributed by atoms with E-state index in [9.17, 15) is 8.42 Å². The molecule has 0 N–H and O–H groups in total. The van der Waals surface area contributed by atoms with Crippen LogP contribution in [0.25, 0.3) is 0 Å². The van der Waals surface area contributed by atoms with Crippen molar-refractivity contribution >= 4 is 9.84 Å². The fourth-order valence-corrected chi connectivity index (χ4v) is 5.64. The highest BCUT2D eigenvalue weighted by Gasteiger charge is 2.55. The van der Waals surface area contributed by atoms with E-state index in [0.717, 1.165) is 57.0 Å². The van der Waals surface area contributed by atoms with Gasteiger partial charge in [-0.15, -0.1) is 0 Å². The first kappa shape index (κ1) is 20.3. The van der Waals surface area contributed by atoms with Crippen LogP contribution in [0.4, 0.5) is 0 Å². The molecule has 1 aromatic carbocycles. The maximum Gasteiger partial charge on any atom is 0.175 e. The summed E-state index contributed by atoms with van der Waals surface area (Å²) < 4.78 is 29.1. The Morgan fingerprint density at radius 2 is 1.68 bits per heavy atom. The molecular formula is C22H34N2O3S. The Kier molecular flexibility index (Phi) is 6.40. The standard InChI is InChI=1S/C22H34N2O3S/c1-28(25,26)19-8-6-18(7-9-19)14-24-15-20-21(16-24)22(20)17-27-13-5-12-23-10-3-2-4-11-23/h6-9,20-22H,2-5,10-17H2,1H3/t20-,21+,22?. The van der Waals surface area contributed by atoms with Crippen LogP contribution in [0.1, 0.15) is 31.2 Å². The van der Waals surface area contributed by atoms with Gasteiger partial charge in [-0.2, -0.15) is 0 Å². The summed E-state index contributed by atoms with van der Waals surface area (Å²) in [5.74, 6) is 2.37. The minimum atomic E-state index is -3.11. The average molecular weight is 407 g/mol. The summed E-state index contributed by atoms with van der Waals surface area (Å²) >= 11 is 0. The Morgan fingerprint density at radius 1 is 1.00 bits per heavy atom. The molecule has 6 heteroatoms. The lowest BCUT2D eigenvalue weighted by Crippen LogP contribution is -2.31. The lowest BCUT2D eigenvalue weighted by molar-refractivity contribution is 0.0967. The highest BCUT2D eigenvalue weighted by atomic mass is 32.2. The minimum Gasteiger partial charge on any atom is -0.381 e. The number of benzene rings is 1. The first-order chi connectivity index (χ1) is 13.5. The Bertz CT molecular complexity index is 732. The van der Waals surface area contributed by atoms with Gasteiger partial charge in [0.1, 0.15) is 0 Å². The average Bonchev–Trinajstić information content (AvgIpc) is 3.13. The van der Waals surface area contributed by atoms with E-state index >= 15 is 0 Å². The van der Waals surface area contributed by atoms with Crippen molar-refractivity contribution in [3.8, 4) is 0 Å². The summed E-state index contributed by atoms with van der Waals surface area (Å²) in [4.78, 5) is 5.48. The molecule has 1 unspecified atom stereocenters. The molecule has 3 fully saturated rings. The number of sulfone groups is 1. The molecule has 3 aliphatic rings. The van der Waals surface area contributed by atoms with Crippen LogP contribution in [0.15, 0.2) is 29.2 Å². The fraction of sp³-hybridized carbons (Fsp3) is 0.727. The molecule has 0 amide bonds. The molecule has 1 saturated carbocycles. The lowest BCUT2D eigenvalue weighted by atomic mass is 10.1. The summed E-state index contributed by atoms with van der Waals surface area (Å²) in [6, 6.07) is 7.34. The number of piperidine rings is 2. The fourth-order valence-electron chi connectivity index (χ4n) is 5.01. The predicted molar refractivity (Wildman–Crippen MR) is 111 cm³/mol. The Hall–Kier alpha value is -0.950. The number of nitrogens with zero attached hydrogens (tertiary/aromatic N) is 2. The number of likely N-dealkylation sites (tertiary alicyclic amines) is 2. The third kappa shape index (κ3) is 5.15. The van der Waals surface area contributed by atoms with Crippen molar-refractivity contribution in [2.75, 3.05) is 52.2 Å². The number of ether oxygens (including phenoxy) is 1. The van der Waals surface area contributed by atoms with Crippen LogP contribution in [-0.4, -0.2) is 70.4 Å². The van der Waals surface area contributed by atoms with Crippen LogP contribution in [0, 0.1) is 17.8 Å². The van der Waals surface area contributed by atoms with Crippen molar-refractivity contribution in [3.05, 3.63) is 29.8 Å². The molecule has 2 saturated heterocycles. The van der Waals surface area contributed by atoms with Crippen molar-refractivity contribution in [1.29, 1.82) is 0 Å². The van der Waals surface area contributed by atoms with Crippen LogP contribution in [-0.2, 0) is 21.1 Å². The van der Waals surface area contributed by atoms with Gasteiger partial charge >= 0.3 is 0 Å². The predicted octanol–water partition coefficient (Wildman–Crippen LogP) is 2.66. The monoisotopic (exact) mass is 406 g/mol. The second kappa shape index (κ2) is 8.82. The maximum absolute atomic E-state index is 11.6. The molecular weight excluding hydrogens is 372 g/mol. The van der Waals surface area contributed by atoms with Crippen molar-refractivity contribution < 1.29 is 13.2 Å². The highest BCUT2D eigenvalue weighted by molar-refractivity contribution is 7.90. The molecule has 5 nitrogen and oxygen atoms in total. The van der Waals surface area contributed by atoms with Crippen LogP contribution < -0.4 is 0 Å². The van der Waals surface area contributed by atoms with Crippen molar-refractivity contribution in [3.63, 3.8) is 0 Å². The van der Waals surface area contributed by atoms with Gasteiger partial charge < -0.3 is 9.64 Å². The Balaban J connectivity index is 1.10. The lowest BCUT2D eigenvalue weighted by Gasteiger charge is -2.26. The van der Waals surface area contributed by atoms with Gasteiger partial charge in [0, 0.05) is 39.0 Å². The van der Waals surface area contributed by atoms with Gasteiger partial charge in [0.2, 0.25) is 0 Å². The van der Waals surface area contributed by atoms with Crippen LogP contribution in [0.5, 0.6) is 0 Å². The van der Waals surface area contributed by atoms with E-state index in [4.69, 9.17) is 4.74 Å². The molecule has 1 aliphatic carbocycles. The van der Waals surface area contributed by atoms with Crippen molar-refractivity contribution in [2.45, 2.75) is 37.1 Å². The van der Waals surface area contributed by atoms with Crippen LogP contribution in [0.2, 0.25) is 0 Å². The summed E-state index contributed by atoms with van der Waals surface area (Å²) in [6.07, 6.45) is 6.55. The van der Waals surface area contributed by atoms with Gasteiger partial charge in [-0.25, -0.2) is 8.42 Å². The molecule has 3 atom stereocenters. The molecule has 0 bridgehead atoms. The normalized spacial score (nSPS) is 28.4. The van der Waals surface area contributed by atoms with Gasteiger partial charge in [-0.1, -0.05) is 18.6 Å². The Labute approximate surface area is 170 Å². The summed E-state index contributed by atoms with van der Waals surface area (Å²) in [5, 5.41) is 0. The first-order valence-corrected chi connectivity index (χ1v) is 12.7. The van der Waals surface area contributed by atoms with E-state index in [2.05, 4.69) is 9.80 Å². The van der Waals surface area contributed by atoms with Gasteiger partial charge in [-0.3, -0.25) is 4.90 Å². The second-order valence-corrected chi connectivity index (χ2v) is 10.9. The zero-order valence-electron chi connectivity index (χ0n) is 17.1. The van der Waals surface area contributed by atoms with Crippen molar-refractivity contribution in [1.82, 2.24) is 9.80 Å². The van der Waals surface area contributed by atoms with E-state index in [1.54, 1.807) is 12.1 Å². The molecule has 2 aliphatic heterocycles. The van der Waals surface area contributed by atoms with E-state index in [0.29, 0.717) is 4.90 Å². The van der Waals surface area contributed by atoms with E-state index in [-0.39, 0.29) is 0 Å². The maximum atomic E-state index is 11.6. The van der Waals surface area contributed by atoms with Gasteiger partial charge in [0.05, 0.1) is 11.5 Å². The minimum absolute atomic E-state index is 0.401. The molecule has 2 heterocycles. The number of hydrogen-bond acceptors (Lipinski definition) is 5. The number of fused-ring (bicyclic) bond motifs is 1. The third-order valence-corrected chi connectivity index (χ3v) is 7.86. The quantitative estimate of drug-likeness (QED) is 0.590. The van der Waals surface area contributed by atoms with Crippen LogP contribution >= 0.6 is 0 Å². The summed E-state index contributed by atoms with van der Waals surface area (Å²) in [5.41, 5.74) is 1.19. The molecule has 0 radical (unpaired) electrons. The van der Waals surface area contributed by atoms with Gasteiger partial charge in [0.15, 0.2) is 9.84 Å². The molecule has 156 valence electrons. The SMILES string of the molecule is CS(=O)(=O)c1ccc(CN2C[C@@H]3C(COCCCN4CCCCC4)[C@@H]3C2)cc1. The largest absolute Gasteiger partial charge is 0.381 e. The highest BCUT2D eigenvalue weighted by Crippen LogP contribution is 2.52. The number of hydrogen-bond donors (Lipinski definition) is 0. The van der Waals surface area contributed by atoms with Gasteiger partial charge in [-0.05, 0) is 67.8 Å².